The molecule has 0 saturated carbocycles. The molecule has 2 nitrogen and oxygen atoms in total. The Bertz CT molecular complexity index is 372. The first-order chi connectivity index (χ1) is 7.20. The van der Waals surface area contributed by atoms with Crippen LogP contribution in [0.5, 0.6) is 0 Å². The van der Waals surface area contributed by atoms with E-state index in [-0.39, 0.29) is 5.97 Å². The maximum Gasteiger partial charge on any atom is 0.338 e. The molecular weight excluding hydrogens is 256 g/mol. The molecule has 0 aliphatic carbocycles. The first-order valence-electron chi connectivity index (χ1n) is 4.71. The molecule has 15 heavy (non-hydrogen) atoms. The third kappa shape index (κ3) is 2.93. The van der Waals surface area contributed by atoms with Gasteiger partial charge >= 0.3 is 5.97 Å². The minimum atomic E-state index is -0.356. The van der Waals surface area contributed by atoms with Crippen molar-refractivity contribution in [3.63, 3.8) is 0 Å². The van der Waals surface area contributed by atoms with Crippen molar-refractivity contribution in [2.75, 3.05) is 6.61 Å². The molecule has 0 bridgehead atoms. The van der Waals surface area contributed by atoms with Crippen molar-refractivity contribution in [1.82, 2.24) is 0 Å². The number of rotatable bonds is 4. The monoisotopic (exact) mass is 268 g/mol. The van der Waals surface area contributed by atoms with Crippen molar-refractivity contribution >= 4 is 27.5 Å². The number of alkyl halides is 1. The van der Waals surface area contributed by atoms with Gasteiger partial charge in [-0.25, -0.2) is 4.79 Å². The predicted molar refractivity (Wildman–Crippen MR) is 64.7 cm³/mol. The summed E-state index contributed by atoms with van der Waals surface area (Å²) in [6.07, 6.45) is 0. The van der Waals surface area contributed by atoms with Gasteiger partial charge in [-0.2, -0.15) is 0 Å². The van der Waals surface area contributed by atoms with E-state index in [2.05, 4.69) is 22.5 Å². The highest BCUT2D eigenvalue weighted by atomic mass is 79.9. The van der Waals surface area contributed by atoms with Crippen molar-refractivity contribution < 1.29 is 9.53 Å². The molecule has 0 spiro atoms. The lowest BCUT2D eigenvalue weighted by Gasteiger charge is -2.08. The standard InChI is InChI=1S/C12H13BrO2/c1-3-15-12(14)9(2)11-7-5-4-6-10(11)8-13/h4-7H,2-3,8H2,1H3. The second-order valence-corrected chi connectivity index (χ2v) is 3.55. The molecule has 0 fully saturated rings. The fourth-order valence-electron chi connectivity index (χ4n) is 1.26. The highest BCUT2D eigenvalue weighted by Crippen LogP contribution is 2.20. The van der Waals surface area contributed by atoms with Crippen LogP contribution < -0.4 is 0 Å². The molecule has 1 aromatic carbocycles. The van der Waals surface area contributed by atoms with Crippen LogP contribution in [0.15, 0.2) is 30.8 Å². The van der Waals surface area contributed by atoms with Crippen molar-refractivity contribution in [3.05, 3.63) is 42.0 Å². The molecule has 0 heterocycles. The molecule has 0 aromatic heterocycles. The van der Waals surface area contributed by atoms with Crippen molar-refractivity contribution in [1.29, 1.82) is 0 Å². The Morgan fingerprint density at radius 1 is 1.47 bits per heavy atom. The lowest BCUT2D eigenvalue weighted by atomic mass is 10.0. The average Bonchev–Trinajstić information content (AvgIpc) is 2.28. The summed E-state index contributed by atoms with van der Waals surface area (Å²) >= 11 is 3.37. The minimum Gasteiger partial charge on any atom is -0.462 e. The van der Waals surface area contributed by atoms with Crippen LogP contribution in [0.2, 0.25) is 0 Å². The van der Waals surface area contributed by atoms with Gasteiger partial charge in [-0.1, -0.05) is 46.8 Å². The molecular formula is C12H13BrO2. The molecule has 80 valence electrons. The van der Waals surface area contributed by atoms with E-state index in [1.54, 1.807) is 6.92 Å². The summed E-state index contributed by atoms with van der Waals surface area (Å²) in [7, 11) is 0. The fourth-order valence-corrected chi connectivity index (χ4v) is 1.75. The molecule has 0 N–H and O–H groups in total. The number of hydrogen-bond acceptors (Lipinski definition) is 2. The van der Waals surface area contributed by atoms with E-state index < -0.39 is 0 Å². The van der Waals surface area contributed by atoms with E-state index in [0.29, 0.717) is 17.5 Å². The number of benzene rings is 1. The molecule has 0 aliphatic heterocycles. The summed E-state index contributed by atoms with van der Waals surface area (Å²) in [5, 5.41) is 0.696. The Hall–Kier alpha value is -1.09. The van der Waals surface area contributed by atoms with E-state index in [0.717, 1.165) is 11.1 Å². The van der Waals surface area contributed by atoms with Gasteiger partial charge in [0.05, 0.1) is 12.2 Å². The van der Waals surface area contributed by atoms with Crippen molar-refractivity contribution in [2.45, 2.75) is 12.3 Å². The Morgan fingerprint density at radius 3 is 2.73 bits per heavy atom. The van der Waals surface area contributed by atoms with Gasteiger partial charge in [-0.15, -0.1) is 0 Å². The Labute approximate surface area is 98.1 Å². The van der Waals surface area contributed by atoms with E-state index in [1.165, 1.54) is 0 Å². The topological polar surface area (TPSA) is 26.3 Å². The SMILES string of the molecule is C=C(C(=O)OCC)c1ccccc1CBr. The highest BCUT2D eigenvalue weighted by Gasteiger charge is 2.12. The number of hydrogen-bond donors (Lipinski definition) is 0. The summed E-state index contributed by atoms with van der Waals surface area (Å²) in [5.74, 6) is -0.356. The van der Waals surface area contributed by atoms with Crippen LogP contribution in [0.1, 0.15) is 18.1 Å². The average molecular weight is 269 g/mol. The van der Waals surface area contributed by atoms with Gasteiger partial charge in [-0.3, -0.25) is 0 Å². The van der Waals surface area contributed by atoms with E-state index in [9.17, 15) is 4.79 Å². The molecule has 0 unspecified atom stereocenters. The van der Waals surface area contributed by atoms with Crippen LogP contribution in [0.4, 0.5) is 0 Å². The minimum absolute atomic E-state index is 0.356. The largest absolute Gasteiger partial charge is 0.462 e. The van der Waals surface area contributed by atoms with Crippen LogP contribution in [-0.4, -0.2) is 12.6 Å². The van der Waals surface area contributed by atoms with Gasteiger partial charge in [0, 0.05) is 5.33 Å². The summed E-state index contributed by atoms with van der Waals surface area (Å²) in [6.45, 7) is 5.91. The van der Waals surface area contributed by atoms with E-state index in [1.807, 2.05) is 24.3 Å². The zero-order valence-corrected chi connectivity index (χ0v) is 10.2. The van der Waals surface area contributed by atoms with Gasteiger partial charge in [0.15, 0.2) is 0 Å². The molecule has 1 aromatic rings. The summed E-state index contributed by atoms with van der Waals surface area (Å²) in [5.41, 5.74) is 2.29. The Morgan fingerprint density at radius 2 is 2.13 bits per heavy atom. The first-order valence-corrected chi connectivity index (χ1v) is 5.83. The third-order valence-electron chi connectivity index (χ3n) is 2.01. The number of halogens is 1. The molecule has 0 radical (unpaired) electrons. The zero-order valence-electron chi connectivity index (χ0n) is 8.63. The summed E-state index contributed by atoms with van der Waals surface area (Å²) in [6, 6.07) is 7.63. The summed E-state index contributed by atoms with van der Waals surface area (Å²) < 4.78 is 4.90. The fraction of sp³-hybridized carbons (Fsp3) is 0.250. The van der Waals surface area contributed by atoms with Gasteiger partial charge in [-0.05, 0) is 18.1 Å². The summed E-state index contributed by atoms with van der Waals surface area (Å²) in [4.78, 5) is 11.5. The van der Waals surface area contributed by atoms with Gasteiger partial charge in [0.2, 0.25) is 0 Å². The number of esters is 1. The van der Waals surface area contributed by atoms with Crippen LogP contribution in [-0.2, 0) is 14.9 Å². The van der Waals surface area contributed by atoms with Crippen LogP contribution >= 0.6 is 15.9 Å². The highest BCUT2D eigenvalue weighted by molar-refractivity contribution is 9.08. The maximum absolute atomic E-state index is 11.5. The van der Waals surface area contributed by atoms with Crippen molar-refractivity contribution in [2.24, 2.45) is 0 Å². The normalized spacial score (nSPS) is 9.73. The van der Waals surface area contributed by atoms with Gasteiger partial charge < -0.3 is 4.74 Å². The molecule has 3 heteroatoms. The Kier molecular flexibility index (Phi) is 4.56. The lowest BCUT2D eigenvalue weighted by molar-refractivity contribution is -0.136. The number of ether oxygens (including phenoxy) is 1. The van der Waals surface area contributed by atoms with E-state index in [4.69, 9.17) is 4.74 Å². The Balaban J connectivity index is 2.95. The second-order valence-electron chi connectivity index (χ2n) is 2.99. The van der Waals surface area contributed by atoms with Crippen LogP contribution in [0.3, 0.4) is 0 Å². The van der Waals surface area contributed by atoms with Crippen LogP contribution in [0.25, 0.3) is 5.57 Å². The number of carbonyl (C=O) groups excluding carboxylic acids is 1. The van der Waals surface area contributed by atoms with E-state index >= 15 is 0 Å². The number of carbonyl (C=O) groups is 1. The smallest absolute Gasteiger partial charge is 0.338 e. The molecule has 1 rings (SSSR count). The first kappa shape index (κ1) is 12.0. The molecule has 0 amide bonds. The second kappa shape index (κ2) is 5.71. The molecule has 0 aliphatic rings. The maximum atomic E-state index is 11.5. The predicted octanol–water partition coefficient (Wildman–Crippen LogP) is 3.16. The van der Waals surface area contributed by atoms with Crippen molar-refractivity contribution in [3.8, 4) is 0 Å². The third-order valence-corrected chi connectivity index (χ3v) is 2.61. The van der Waals surface area contributed by atoms with Gasteiger partial charge in [0.25, 0.3) is 0 Å². The zero-order chi connectivity index (χ0) is 11.3. The molecule has 0 atom stereocenters. The quantitative estimate of drug-likeness (QED) is 0.477. The van der Waals surface area contributed by atoms with Gasteiger partial charge in [0.1, 0.15) is 0 Å². The molecule has 0 saturated heterocycles. The van der Waals surface area contributed by atoms with Crippen LogP contribution in [0, 0.1) is 0 Å². The lowest BCUT2D eigenvalue weighted by Crippen LogP contribution is -2.07.